The second-order valence-corrected chi connectivity index (χ2v) is 12.4. The van der Waals surface area contributed by atoms with Crippen LogP contribution in [0.25, 0.3) is 0 Å². The average molecular weight is 606 g/mol. The van der Waals surface area contributed by atoms with Crippen molar-refractivity contribution in [1.29, 1.82) is 0 Å². The first-order valence-corrected chi connectivity index (χ1v) is 16.0. The Morgan fingerprint density at radius 1 is 0.976 bits per heavy atom. The van der Waals surface area contributed by atoms with Gasteiger partial charge in [0.25, 0.3) is 0 Å². The van der Waals surface area contributed by atoms with Gasteiger partial charge >= 0.3 is 6.03 Å². The Labute approximate surface area is 253 Å². The van der Waals surface area contributed by atoms with Gasteiger partial charge in [-0.1, -0.05) is 48.0 Å². The minimum Gasteiger partial charge on any atom is -0.380 e. The number of urea groups is 1. The van der Waals surface area contributed by atoms with E-state index in [9.17, 15) is 19.2 Å². The molecule has 0 spiro atoms. The fourth-order valence-corrected chi connectivity index (χ4v) is 4.56. The van der Waals surface area contributed by atoms with Gasteiger partial charge in [0.2, 0.25) is 11.8 Å². The van der Waals surface area contributed by atoms with Crippen LogP contribution in [-0.4, -0.2) is 101 Å². The van der Waals surface area contributed by atoms with E-state index in [0.717, 1.165) is 50.1 Å². The van der Waals surface area contributed by atoms with E-state index in [1.807, 2.05) is 53.4 Å². The van der Waals surface area contributed by atoms with E-state index in [4.69, 9.17) is 9.47 Å². The summed E-state index contributed by atoms with van der Waals surface area (Å²) in [5.74, 6) is 1.64. The number of ether oxygens (including phenoxy) is 2. The lowest BCUT2D eigenvalue weighted by molar-refractivity contribution is -0.131. The fourth-order valence-electron chi connectivity index (χ4n) is 3.50. The molecular formula is C29H59N5O6S. The lowest BCUT2D eigenvalue weighted by atomic mass is 9.93. The Morgan fingerprint density at radius 2 is 1.59 bits per heavy atom. The van der Waals surface area contributed by atoms with Crippen LogP contribution in [0.3, 0.4) is 0 Å². The second kappa shape index (κ2) is 25.8. The molecule has 1 unspecified atom stereocenters. The molecule has 0 aromatic carbocycles. The fraction of sp³-hybridized carbons (Fsp3) is 0.862. The van der Waals surface area contributed by atoms with Gasteiger partial charge in [0.05, 0.1) is 19.3 Å². The molecule has 11 nitrogen and oxygen atoms in total. The van der Waals surface area contributed by atoms with Crippen molar-refractivity contribution < 1.29 is 28.7 Å². The van der Waals surface area contributed by atoms with Crippen LogP contribution < -0.4 is 26.6 Å². The van der Waals surface area contributed by atoms with E-state index in [1.165, 1.54) is 0 Å². The summed E-state index contributed by atoms with van der Waals surface area (Å²) in [7, 11) is 1.93. The van der Waals surface area contributed by atoms with Crippen molar-refractivity contribution in [3.63, 3.8) is 0 Å². The Hall–Kier alpha value is -1.89. The van der Waals surface area contributed by atoms with Gasteiger partial charge in [-0.3, -0.25) is 9.59 Å². The Balaban J connectivity index is 0. The summed E-state index contributed by atoms with van der Waals surface area (Å²) < 4.78 is 10.9. The molecule has 5 N–H and O–H groups in total. The predicted molar refractivity (Wildman–Crippen MR) is 168 cm³/mol. The highest BCUT2D eigenvalue weighted by molar-refractivity contribution is 7.99. The third kappa shape index (κ3) is 26.7. The van der Waals surface area contributed by atoms with Gasteiger partial charge in [0.15, 0.2) is 0 Å². The van der Waals surface area contributed by atoms with Crippen LogP contribution in [-0.2, 0) is 23.9 Å². The first-order valence-electron chi connectivity index (χ1n) is 14.8. The van der Waals surface area contributed by atoms with Gasteiger partial charge in [-0.25, -0.2) is 4.79 Å². The largest absolute Gasteiger partial charge is 0.380 e. The number of hydrogen-bond donors (Lipinski definition) is 5. The molecule has 1 rings (SSSR count). The smallest absolute Gasteiger partial charge is 0.315 e. The molecule has 4 amide bonds. The van der Waals surface area contributed by atoms with Crippen LogP contribution in [0.15, 0.2) is 0 Å². The summed E-state index contributed by atoms with van der Waals surface area (Å²) in [6, 6.07) is 0.240. The lowest BCUT2D eigenvalue weighted by Gasteiger charge is -2.29. The van der Waals surface area contributed by atoms with E-state index in [-0.39, 0.29) is 47.9 Å². The van der Waals surface area contributed by atoms with Gasteiger partial charge < -0.3 is 40.9 Å². The maximum absolute atomic E-state index is 11.7. The number of hydrogen-bond acceptors (Lipinski definition) is 8. The number of carbonyl (C=O) groups is 4. The van der Waals surface area contributed by atoms with E-state index in [1.54, 1.807) is 0 Å². The highest BCUT2D eigenvalue weighted by Gasteiger charge is 2.23. The molecule has 1 fully saturated rings. The molecule has 242 valence electrons. The molecule has 41 heavy (non-hydrogen) atoms. The molecule has 1 heterocycles. The van der Waals surface area contributed by atoms with Crippen molar-refractivity contribution in [3.8, 4) is 0 Å². The molecule has 1 aliphatic heterocycles. The van der Waals surface area contributed by atoms with Crippen molar-refractivity contribution in [2.75, 3.05) is 71.2 Å². The topological polar surface area (TPSA) is 147 Å². The zero-order chi connectivity index (χ0) is 31.6. The zero-order valence-electron chi connectivity index (χ0n) is 26.9. The summed E-state index contributed by atoms with van der Waals surface area (Å²) in [6.45, 7) is 17.8. The van der Waals surface area contributed by atoms with Gasteiger partial charge in [-0.15, -0.1) is 0 Å². The predicted octanol–water partition coefficient (Wildman–Crippen LogP) is 2.73. The molecule has 1 aliphatic rings. The van der Waals surface area contributed by atoms with Crippen molar-refractivity contribution >= 4 is 35.9 Å². The maximum atomic E-state index is 11.7. The molecule has 0 radical (unpaired) electrons. The Morgan fingerprint density at radius 3 is 2.12 bits per heavy atom. The summed E-state index contributed by atoms with van der Waals surface area (Å²) in [6.07, 6.45) is 4.96. The number of unbranched alkanes of at least 4 members (excludes halogenated alkanes) is 3. The molecule has 12 heteroatoms. The van der Waals surface area contributed by atoms with E-state index >= 15 is 0 Å². The summed E-state index contributed by atoms with van der Waals surface area (Å²) in [5.41, 5.74) is -0.105. The highest BCUT2D eigenvalue weighted by atomic mass is 32.2. The monoisotopic (exact) mass is 605 g/mol. The molecule has 1 atom stereocenters. The Bertz CT molecular complexity index is 709. The average Bonchev–Trinajstić information content (AvgIpc) is 3.33. The van der Waals surface area contributed by atoms with Crippen LogP contribution in [0.1, 0.15) is 74.1 Å². The normalized spacial score (nSPS) is 14.4. The minimum absolute atomic E-state index is 0.0495. The lowest BCUT2D eigenvalue weighted by Crippen LogP contribution is -2.40. The van der Waals surface area contributed by atoms with Gasteiger partial charge in [-0.05, 0) is 32.6 Å². The van der Waals surface area contributed by atoms with Gasteiger partial charge in [-0.2, -0.15) is 11.8 Å². The van der Waals surface area contributed by atoms with Crippen LogP contribution in [0.4, 0.5) is 4.79 Å². The molecular weight excluding hydrogens is 546 g/mol. The van der Waals surface area contributed by atoms with Crippen LogP contribution >= 0.6 is 11.8 Å². The zero-order valence-corrected chi connectivity index (χ0v) is 27.7. The van der Waals surface area contributed by atoms with E-state index < -0.39 is 0 Å². The quantitative estimate of drug-likeness (QED) is 0.0992. The highest BCUT2D eigenvalue weighted by Crippen LogP contribution is 2.18. The third-order valence-electron chi connectivity index (χ3n) is 5.52. The minimum atomic E-state index is -0.233. The molecule has 0 aromatic heterocycles. The van der Waals surface area contributed by atoms with Crippen LogP contribution in [0.2, 0.25) is 0 Å². The van der Waals surface area contributed by atoms with Crippen molar-refractivity contribution in [1.82, 2.24) is 26.6 Å². The Kier molecular flexibility index (Phi) is 25.9. The summed E-state index contributed by atoms with van der Waals surface area (Å²) >= 11 is 1.87. The maximum Gasteiger partial charge on any atom is 0.315 e. The van der Waals surface area contributed by atoms with Gasteiger partial charge in [0.1, 0.15) is 19.5 Å². The van der Waals surface area contributed by atoms with E-state index in [2.05, 4.69) is 40.4 Å². The number of amides is 4. The standard InChI is InChI=1S/C17H35N3O4.C10H18N2O2S.C2H6/c1-7-19-14(21)8-23-9-15(22)20-11-17(4,5)13-24-12-16(2,3)10-18-6;13-5-3-1-2-4-6-15-8-9-7-11-10(14)12-9;1-2/h18H,7-13H2,1-6H3,(H,19,21)(H,20,22);5,9H,1-4,6-8H2,(H2,11,12,14);1-2H3. The molecule has 1 saturated heterocycles. The second-order valence-electron chi connectivity index (χ2n) is 11.2. The number of nitrogens with one attached hydrogen (secondary N) is 5. The number of carbonyl (C=O) groups excluding carboxylic acids is 4. The van der Waals surface area contributed by atoms with Crippen LogP contribution in [0.5, 0.6) is 0 Å². The van der Waals surface area contributed by atoms with Crippen LogP contribution in [0, 0.1) is 10.8 Å². The number of aldehydes is 1. The van der Waals surface area contributed by atoms with Crippen molar-refractivity contribution in [2.45, 2.75) is 80.2 Å². The first-order chi connectivity index (χ1) is 19.4. The number of likely N-dealkylation sites (N-methyl/N-ethyl adjacent to an activating group) is 1. The number of thioether (sulfide) groups is 1. The number of rotatable bonds is 21. The van der Waals surface area contributed by atoms with Crippen molar-refractivity contribution in [2.24, 2.45) is 10.8 Å². The molecule has 0 bridgehead atoms. The SMILES string of the molecule is CC.CCNC(=O)COCC(=O)NCC(C)(C)COCC(C)(C)CNC.O=CCCCCCSCC1CNC(=O)N1. The summed E-state index contributed by atoms with van der Waals surface area (Å²) in [4.78, 5) is 43.8. The van der Waals surface area contributed by atoms with E-state index in [0.29, 0.717) is 32.7 Å². The molecule has 0 aliphatic carbocycles. The van der Waals surface area contributed by atoms with Crippen molar-refractivity contribution in [3.05, 3.63) is 0 Å². The molecule has 0 saturated carbocycles. The first kappa shape index (κ1) is 41.2. The summed E-state index contributed by atoms with van der Waals surface area (Å²) in [5, 5.41) is 14.2. The molecule has 0 aromatic rings. The third-order valence-corrected chi connectivity index (χ3v) is 6.73. The van der Waals surface area contributed by atoms with Gasteiger partial charge in [0, 0.05) is 49.2 Å².